The molecule has 0 bridgehead atoms. The van der Waals surface area contributed by atoms with Crippen LogP contribution in [0.15, 0.2) is 345 Å². The van der Waals surface area contributed by atoms with Gasteiger partial charge in [-0.25, -0.2) is 19.9 Å². The van der Waals surface area contributed by atoms with Gasteiger partial charge >= 0.3 is 0 Å². The minimum Gasteiger partial charge on any atom is -0.456 e. The van der Waals surface area contributed by atoms with Crippen LogP contribution in [-0.2, 0) is 0 Å². The Morgan fingerprint density at radius 3 is 1.08 bits per heavy atom. The molecule has 0 aliphatic heterocycles. The van der Waals surface area contributed by atoms with Crippen LogP contribution in [0.3, 0.4) is 0 Å². The van der Waals surface area contributed by atoms with Crippen LogP contribution in [0.4, 0.5) is 0 Å². The molecule has 0 spiro atoms. The van der Waals surface area contributed by atoms with Gasteiger partial charge < -0.3 is 17.7 Å². The Bertz CT molecular complexity index is 6530. The van der Waals surface area contributed by atoms with Gasteiger partial charge in [0.15, 0.2) is 11.6 Å². The van der Waals surface area contributed by atoms with Crippen LogP contribution < -0.4 is 0 Å². The number of aromatic nitrogens is 4. The summed E-state index contributed by atoms with van der Waals surface area (Å²) in [5.74, 6) is 1.30. The first-order valence-corrected chi connectivity index (χ1v) is 33.5. The molecule has 0 unspecified atom stereocenters. The molecule has 8 nitrogen and oxygen atoms in total. The van der Waals surface area contributed by atoms with Gasteiger partial charge in [-0.15, -0.1) is 0 Å². The molecule has 0 amide bonds. The van der Waals surface area contributed by atoms with Crippen molar-refractivity contribution in [3.63, 3.8) is 0 Å². The van der Waals surface area contributed by atoms with E-state index in [4.69, 9.17) is 37.6 Å². The lowest BCUT2D eigenvalue weighted by Gasteiger charge is -2.15. The standard InChI is InChI=1S/C92H54N4O4/c1-5-18-55(19-6-1)79-53-81(95-91(93-79)57-22-9-3-10-23-57)68-40-33-59(61-35-42-85-75(48-61)69-26-13-15-30-83(69)97-85)46-73(68)64-38-45-87-77(51-64)71-41-34-65(52-89(71)99-87)67-28-17-29-72-78-49-62(36-43-88(78)100-90(67)72)60-32-39-66(63-37-44-86-76(50-63)70-27-14-16-31-84(70)98-86)74(47-60)82-54-80(56-20-7-2-8-21-56)94-92(96-82)58-24-11-4-12-25-58/h1-54H. The van der Waals surface area contributed by atoms with Gasteiger partial charge in [0, 0.05) is 82.0 Å². The minimum absolute atomic E-state index is 0.651. The van der Waals surface area contributed by atoms with E-state index in [1.165, 1.54) is 0 Å². The van der Waals surface area contributed by atoms with Gasteiger partial charge in [0.05, 0.1) is 22.8 Å². The number of fused-ring (bicyclic) bond motifs is 12. The van der Waals surface area contributed by atoms with Crippen molar-refractivity contribution in [3.8, 4) is 123 Å². The molecule has 20 rings (SSSR count). The van der Waals surface area contributed by atoms with Crippen molar-refractivity contribution in [2.24, 2.45) is 0 Å². The number of hydrogen-bond acceptors (Lipinski definition) is 8. The predicted octanol–water partition coefficient (Wildman–Crippen LogP) is 25.2. The molecule has 0 aliphatic rings. The average molecular weight is 1280 g/mol. The molecule has 466 valence electrons. The van der Waals surface area contributed by atoms with E-state index in [0.29, 0.717) is 11.6 Å². The Labute approximate surface area is 573 Å². The van der Waals surface area contributed by atoms with Crippen LogP contribution in [0.25, 0.3) is 211 Å². The number of para-hydroxylation sites is 3. The van der Waals surface area contributed by atoms with Crippen molar-refractivity contribution in [1.29, 1.82) is 0 Å². The van der Waals surface area contributed by atoms with Crippen LogP contribution in [-0.4, -0.2) is 19.9 Å². The van der Waals surface area contributed by atoms with E-state index in [9.17, 15) is 0 Å². The Morgan fingerprint density at radius 1 is 0.160 bits per heavy atom. The smallest absolute Gasteiger partial charge is 0.160 e. The summed E-state index contributed by atoms with van der Waals surface area (Å²) in [7, 11) is 0. The normalized spacial score (nSPS) is 11.8. The Hall–Kier alpha value is -13.6. The molecule has 20 aromatic rings. The van der Waals surface area contributed by atoms with Crippen molar-refractivity contribution in [3.05, 3.63) is 328 Å². The number of rotatable bonds is 11. The average Bonchev–Trinajstić information content (AvgIpc) is 1.40. The molecule has 6 heterocycles. The molecule has 0 saturated heterocycles. The zero-order chi connectivity index (χ0) is 65.8. The quantitative estimate of drug-likeness (QED) is 0.126. The van der Waals surface area contributed by atoms with E-state index < -0.39 is 0 Å². The van der Waals surface area contributed by atoms with Crippen LogP contribution in [0.2, 0.25) is 0 Å². The maximum atomic E-state index is 6.93. The van der Waals surface area contributed by atoms with E-state index in [1.807, 2.05) is 72.8 Å². The van der Waals surface area contributed by atoms with Gasteiger partial charge in [-0.2, -0.15) is 0 Å². The highest BCUT2D eigenvalue weighted by Gasteiger charge is 2.23. The fourth-order valence-corrected chi connectivity index (χ4v) is 14.6. The topological polar surface area (TPSA) is 104 Å². The first-order chi connectivity index (χ1) is 49.5. The number of furan rings is 4. The molecular formula is C92H54N4O4. The van der Waals surface area contributed by atoms with Crippen LogP contribution in [0, 0.1) is 0 Å². The summed E-state index contributed by atoms with van der Waals surface area (Å²) in [6, 6.07) is 114. The molecule has 0 fully saturated rings. The zero-order valence-electron chi connectivity index (χ0n) is 53.6. The Morgan fingerprint density at radius 2 is 0.520 bits per heavy atom. The second-order valence-electron chi connectivity index (χ2n) is 25.5. The molecule has 0 N–H and O–H groups in total. The highest BCUT2D eigenvalue weighted by atomic mass is 16.3. The number of hydrogen-bond donors (Lipinski definition) is 0. The van der Waals surface area contributed by atoms with E-state index in [-0.39, 0.29) is 0 Å². The maximum Gasteiger partial charge on any atom is 0.160 e. The van der Waals surface area contributed by atoms with Crippen LogP contribution >= 0.6 is 0 Å². The fraction of sp³-hybridized carbons (Fsp3) is 0. The molecular weight excluding hydrogens is 1230 g/mol. The third-order valence-electron chi connectivity index (χ3n) is 19.6. The van der Waals surface area contributed by atoms with Gasteiger partial charge in [0.2, 0.25) is 0 Å². The zero-order valence-corrected chi connectivity index (χ0v) is 53.6. The third-order valence-corrected chi connectivity index (χ3v) is 19.6. The van der Waals surface area contributed by atoms with Gasteiger partial charge in [-0.1, -0.05) is 231 Å². The molecule has 14 aromatic carbocycles. The summed E-state index contributed by atoms with van der Waals surface area (Å²) in [6.45, 7) is 0. The summed E-state index contributed by atoms with van der Waals surface area (Å²) in [5, 5.41) is 8.34. The third kappa shape index (κ3) is 9.76. The fourth-order valence-electron chi connectivity index (χ4n) is 14.6. The van der Waals surface area contributed by atoms with Crippen molar-refractivity contribution >= 4 is 87.8 Å². The largest absolute Gasteiger partial charge is 0.456 e. The maximum absolute atomic E-state index is 6.93. The first kappa shape index (κ1) is 56.8. The van der Waals surface area contributed by atoms with E-state index >= 15 is 0 Å². The number of benzene rings is 14. The monoisotopic (exact) mass is 1280 g/mol. The van der Waals surface area contributed by atoms with Crippen molar-refractivity contribution < 1.29 is 17.7 Å². The summed E-state index contributed by atoms with van der Waals surface area (Å²) < 4.78 is 26.4. The van der Waals surface area contributed by atoms with E-state index in [1.54, 1.807) is 0 Å². The van der Waals surface area contributed by atoms with E-state index in [0.717, 1.165) is 200 Å². The number of nitrogens with zero attached hydrogens (tertiary/aromatic N) is 4. The predicted molar refractivity (Wildman–Crippen MR) is 407 cm³/mol. The molecule has 8 heteroatoms. The lowest BCUT2D eigenvalue weighted by Crippen LogP contribution is -1.97. The lowest BCUT2D eigenvalue weighted by molar-refractivity contribution is 0.668. The molecule has 0 radical (unpaired) electrons. The van der Waals surface area contributed by atoms with Crippen LogP contribution in [0.1, 0.15) is 0 Å². The summed E-state index contributed by atoms with van der Waals surface area (Å²) in [5.41, 5.74) is 26.1. The van der Waals surface area contributed by atoms with E-state index in [2.05, 4.69) is 255 Å². The molecule has 0 saturated carbocycles. The SMILES string of the molecule is c1ccc(-c2cc(-c3ccc(-c4ccc5oc6ccccc6c5c4)cc3-c3ccc4oc5cc(-c6cccc7c6oc6ccc(-c8ccc(-c9ccc%10oc%11ccccc%11c%10c9)c(-c9cc(-c%10ccccc%10)nc(-c%10ccccc%10)n9)c8)cc67)ccc5c4c3)nc(-c3ccccc3)n2)cc1. The van der Waals surface area contributed by atoms with Gasteiger partial charge in [-0.3, -0.25) is 0 Å². The Kier molecular flexibility index (Phi) is 13.1. The summed E-state index contributed by atoms with van der Waals surface area (Å²) >= 11 is 0. The second kappa shape index (κ2) is 23.1. The first-order valence-electron chi connectivity index (χ1n) is 33.5. The molecule has 100 heavy (non-hydrogen) atoms. The van der Waals surface area contributed by atoms with Crippen molar-refractivity contribution in [1.82, 2.24) is 19.9 Å². The minimum atomic E-state index is 0.651. The second-order valence-corrected chi connectivity index (χ2v) is 25.5. The molecule has 0 aliphatic carbocycles. The van der Waals surface area contributed by atoms with Crippen molar-refractivity contribution in [2.75, 3.05) is 0 Å². The highest BCUT2D eigenvalue weighted by Crippen LogP contribution is 2.46. The van der Waals surface area contributed by atoms with Crippen LogP contribution in [0.5, 0.6) is 0 Å². The van der Waals surface area contributed by atoms with Gasteiger partial charge in [0.25, 0.3) is 0 Å². The van der Waals surface area contributed by atoms with Gasteiger partial charge in [-0.05, 0) is 147 Å². The lowest BCUT2D eigenvalue weighted by atomic mass is 9.91. The molecule has 6 aromatic heterocycles. The highest BCUT2D eigenvalue weighted by molar-refractivity contribution is 6.14. The Balaban J connectivity index is 0.693. The summed E-state index contributed by atoms with van der Waals surface area (Å²) in [4.78, 5) is 21.1. The van der Waals surface area contributed by atoms with Crippen molar-refractivity contribution in [2.45, 2.75) is 0 Å². The summed E-state index contributed by atoms with van der Waals surface area (Å²) in [6.07, 6.45) is 0. The molecule has 0 atom stereocenters. The van der Waals surface area contributed by atoms with Gasteiger partial charge in [0.1, 0.15) is 44.7 Å².